The minimum absolute atomic E-state index is 0.0160. The van der Waals surface area contributed by atoms with Crippen molar-refractivity contribution in [1.82, 2.24) is 10.3 Å². The van der Waals surface area contributed by atoms with Gasteiger partial charge in [0.2, 0.25) is 5.91 Å². The molecule has 2 aromatic rings. The molecule has 0 spiro atoms. The molecule has 4 heteroatoms. The predicted molar refractivity (Wildman–Crippen MR) is 87.8 cm³/mol. The van der Waals surface area contributed by atoms with Crippen LogP contribution in [0.15, 0.2) is 24.4 Å². The van der Waals surface area contributed by atoms with Gasteiger partial charge >= 0.3 is 0 Å². The number of aliphatic hydroxyl groups is 1. The van der Waals surface area contributed by atoms with Gasteiger partial charge in [-0.05, 0) is 37.3 Å². The first-order valence-electron chi connectivity index (χ1n) is 8.12. The molecule has 0 bridgehead atoms. The van der Waals surface area contributed by atoms with E-state index in [1.807, 2.05) is 12.3 Å². The summed E-state index contributed by atoms with van der Waals surface area (Å²) in [5.41, 5.74) is 2.87. The van der Waals surface area contributed by atoms with Gasteiger partial charge in [-0.2, -0.15) is 0 Å². The third kappa shape index (κ3) is 3.17. The first-order valence-corrected chi connectivity index (χ1v) is 8.12. The molecular weight excluding hydrogens is 276 g/mol. The molecule has 0 atom stereocenters. The van der Waals surface area contributed by atoms with Crippen LogP contribution in [0.1, 0.15) is 43.2 Å². The Bertz CT molecular complexity index is 669. The Kier molecular flexibility index (Phi) is 4.21. The van der Waals surface area contributed by atoms with E-state index in [-0.39, 0.29) is 5.91 Å². The summed E-state index contributed by atoms with van der Waals surface area (Å²) in [5.74, 6) is 0.0160. The minimum atomic E-state index is -0.673. The number of hydrogen-bond donors (Lipinski definition) is 3. The summed E-state index contributed by atoms with van der Waals surface area (Å²) in [6, 6.07) is 6.22. The first-order chi connectivity index (χ1) is 10.6. The quantitative estimate of drug-likeness (QED) is 0.795. The summed E-state index contributed by atoms with van der Waals surface area (Å²) in [6.45, 7) is 2.47. The number of rotatable bonds is 5. The molecule has 1 amide bonds. The molecule has 1 aliphatic rings. The molecule has 1 aliphatic carbocycles. The van der Waals surface area contributed by atoms with Gasteiger partial charge in [0.05, 0.1) is 5.60 Å². The number of H-pyrrole nitrogens is 1. The lowest BCUT2D eigenvalue weighted by Crippen LogP contribution is -2.40. The number of carbonyl (C=O) groups excluding carboxylic acids is 1. The van der Waals surface area contributed by atoms with Gasteiger partial charge in [-0.25, -0.2) is 0 Å². The van der Waals surface area contributed by atoms with Crippen LogP contribution in [0.5, 0.6) is 0 Å². The second-order valence-electron chi connectivity index (χ2n) is 6.52. The van der Waals surface area contributed by atoms with Gasteiger partial charge in [0, 0.05) is 30.1 Å². The maximum Gasteiger partial charge on any atom is 0.220 e. The molecular formula is C18H24N2O2. The van der Waals surface area contributed by atoms with Crippen molar-refractivity contribution in [1.29, 1.82) is 0 Å². The van der Waals surface area contributed by atoms with Crippen LogP contribution in [0.4, 0.5) is 0 Å². The second kappa shape index (κ2) is 6.13. The Morgan fingerprint density at radius 3 is 2.91 bits per heavy atom. The highest BCUT2D eigenvalue weighted by molar-refractivity contribution is 5.86. The summed E-state index contributed by atoms with van der Waals surface area (Å²) in [6.07, 6.45) is 6.88. The Morgan fingerprint density at radius 2 is 2.14 bits per heavy atom. The Labute approximate surface area is 130 Å². The first kappa shape index (κ1) is 15.1. The van der Waals surface area contributed by atoms with Crippen LogP contribution in [-0.2, 0) is 11.2 Å². The van der Waals surface area contributed by atoms with Crippen molar-refractivity contribution in [2.75, 3.05) is 6.54 Å². The maximum atomic E-state index is 12.0. The molecule has 1 aromatic heterocycles. The molecule has 3 rings (SSSR count). The molecule has 1 saturated carbocycles. The number of hydrogen-bond acceptors (Lipinski definition) is 2. The Balaban J connectivity index is 1.55. The summed E-state index contributed by atoms with van der Waals surface area (Å²) in [7, 11) is 0. The number of aromatic amines is 1. The van der Waals surface area contributed by atoms with Gasteiger partial charge < -0.3 is 15.4 Å². The Morgan fingerprint density at radius 1 is 1.36 bits per heavy atom. The number of para-hydroxylation sites is 1. The summed E-state index contributed by atoms with van der Waals surface area (Å²) in [4.78, 5) is 15.3. The highest BCUT2D eigenvalue weighted by Crippen LogP contribution is 2.28. The van der Waals surface area contributed by atoms with Gasteiger partial charge in [-0.1, -0.05) is 31.0 Å². The lowest BCUT2D eigenvalue weighted by Gasteiger charge is -2.22. The summed E-state index contributed by atoms with van der Waals surface area (Å²) >= 11 is 0. The van der Waals surface area contributed by atoms with Crippen molar-refractivity contribution in [2.45, 2.75) is 51.0 Å². The van der Waals surface area contributed by atoms with Crippen LogP contribution in [0.3, 0.4) is 0 Å². The molecule has 1 heterocycles. The van der Waals surface area contributed by atoms with E-state index in [1.54, 1.807) is 0 Å². The van der Waals surface area contributed by atoms with E-state index in [1.165, 1.54) is 16.5 Å². The fraction of sp³-hybridized carbons (Fsp3) is 0.500. The lowest BCUT2D eigenvalue weighted by atomic mass is 10.0. The van der Waals surface area contributed by atoms with E-state index < -0.39 is 5.60 Å². The van der Waals surface area contributed by atoms with Crippen LogP contribution in [-0.4, -0.2) is 28.1 Å². The fourth-order valence-electron chi connectivity index (χ4n) is 3.38. The van der Waals surface area contributed by atoms with E-state index in [9.17, 15) is 9.90 Å². The summed E-state index contributed by atoms with van der Waals surface area (Å²) < 4.78 is 0. The molecule has 0 aliphatic heterocycles. The maximum absolute atomic E-state index is 12.0. The van der Waals surface area contributed by atoms with Crippen molar-refractivity contribution in [3.63, 3.8) is 0 Å². The number of aromatic nitrogens is 1. The molecule has 4 nitrogen and oxygen atoms in total. The lowest BCUT2D eigenvalue weighted by molar-refractivity contribution is -0.122. The molecule has 0 unspecified atom stereocenters. The number of amides is 1. The highest BCUT2D eigenvalue weighted by atomic mass is 16.3. The highest BCUT2D eigenvalue weighted by Gasteiger charge is 2.31. The van der Waals surface area contributed by atoms with Crippen molar-refractivity contribution in [3.8, 4) is 0 Å². The number of fused-ring (bicyclic) bond motifs is 1. The van der Waals surface area contributed by atoms with Crippen LogP contribution >= 0.6 is 0 Å². The third-order valence-corrected chi connectivity index (χ3v) is 4.78. The topological polar surface area (TPSA) is 65.1 Å². The van der Waals surface area contributed by atoms with E-state index in [0.29, 0.717) is 19.4 Å². The van der Waals surface area contributed by atoms with E-state index in [0.717, 1.165) is 31.2 Å². The van der Waals surface area contributed by atoms with Crippen LogP contribution in [0.25, 0.3) is 10.9 Å². The molecule has 0 radical (unpaired) electrons. The number of nitrogens with one attached hydrogen (secondary N) is 2. The van der Waals surface area contributed by atoms with Crippen LogP contribution in [0, 0.1) is 6.92 Å². The number of aryl methyl sites for hydroxylation is 2. The van der Waals surface area contributed by atoms with Crippen molar-refractivity contribution in [3.05, 3.63) is 35.5 Å². The molecule has 118 valence electrons. The number of carbonyl (C=O) groups is 1. The fourth-order valence-corrected chi connectivity index (χ4v) is 3.38. The molecule has 1 aromatic carbocycles. The van der Waals surface area contributed by atoms with Crippen LogP contribution < -0.4 is 5.32 Å². The molecule has 22 heavy (non-hydrogen) atoms. The van der Waals surface area contributed by atoms with Gasteiger partial charge in [-0.3, -0.25) is 4.79 Å². The van der Waals surface area contributed by atoms with Crippen molar-refractivity contribution < 1.29 is 9.90 Å². The largest absolute Gasteiger partial charge is 0.388 e. The average molecular weight is 300 g/mol. The monoisotopic (exact) mass is 300 g/mol. The van der Waals surface area contributed by atoms with E-state index >= 15 is 0 Å². The van der Waals surface area contributed by atoms with E-state index in [4.69, 9.17) is 0 Å². The molecule has 0 saturated heterocycles. The molecule has 1 fully saturated rings. The standard InChI is InChI=1S/C18H24N2O2/c1-13-5-4-6-15-14(11-19-17(13)15)7-8-16(21)20-12-18(22)9-2-3-10-18/h4-6,11,19,22H,2-3,7-10,12H2,1H3,(H,20,21). The normalized spacial score (nSPS) is 17.0. The molecule has 3 N–H and O–H groups in total. The summed E-state index contributed by atoms with van der Waals surface area (Å²) in [5, 5.41) is 14.3. The van der Waals surface area contributed by atoms with Gasteiger partial charge in [-0.15, -0.1) is 0 Å². The zero-order chi connectivity index (χ0) is 15.6. The van der Waals surface area contributed by atoms with Gasteiger partial charge in [0.25, 0.3) is 0 Å². The predicted octanol–water partition coefficient (Wildman–Crippen LogP) is 2.83. The Hall–Kier alpha value is -1.81. The zero-order valence-electron chi connectivity index (χ0n) is 13.1. The van der Waals surface area contributed by atoms with Crippen molar-refractivity contribution in [2.24, 2.45) is 0 Å². The van der Waals surface area contributed by atoms with Crippen LogP contribution in [0.2, 0.25) is 0 Å². The van der Waals surface area contributed by atoms with Gasteiger partial charge in [0.1, 0.15) is 0 Å². The third-order valence-electron chi connectivity index (χ3n) is 4.78. The van der Waals surface area contributed by atoms with Crippen molar-refractivity contribution >= 4 is 16.8 Å². The SMILES string of the molecule is Cc1cccc2c(CCC(=O)NCC3(O)CCCC3)c[nH]c12. The smallest absolute Gasteiger partial charge is 0.220 e. The minimum Gasteiger partial charge on any atom is -0.388 e. The number of benzene rings is 1. The zero-order valence-corrected chi connectivity index (χ0v) is 13.1. The van der Waals surface area contributed by atoms with Gasteiger partial charge in [0.15, 0.2) is 0 Å². The second-order valence-corrected chi connectivity index (χ2v) is 6.52. The van der Waals surface area contributed by atoms with E-state index in [2.05, 4.69) is 29.4 Å². The average Bonchev–Trinajstić information content (AvgIpc) is 3.11.